The van der Waals surface area contributed by atoms with E-state index in [0.29, 0.717) is 6.42 Å². The number of rotatable bonds is 6. The van der Waals surface area contributed by atoms with Gasteiger partial charge >= 0.3 is 5.97 Å². The number of hydrogen-bond acceptors (Lipinski definition) is 4. The summed E-state index contributed by atoms with van der Waals surface area (Å²) in [5, 5.41) is 0. The van der Waals surface area contributed by atoms with Crippen molar-refractivity contribution in [3.8, 4) is 0 Å². The molecular weight excluding hydrogens is 194 g/mol. The maximum Gasteiger partial charge on any atom is 0.353 e. The van der Waals surface area contributed by atoms with Crippen molar-refractivity contribution in [3.05, 3.63) is 12.2 Å². The first-order valence-corrected chi connectivity index (χ1v) is 5.04. The molecule has 0 aliphatic rings. The molecule has 13 heavy (non-hydrogen) atoms. The summed E-state index contributed by atoms with van der Waals surface area (Å²) >= 11 is 0. The molecule has 76 valence electrons. The monoisotopic (exact) mass is 207 g/mol. The third kappa shape index (κ3) is 6.30. The average Bonchev–Trinajstić information content (AvgIpc) is 2.10. The molecule has 0 fully saturated rings. The first-order chi connectivity index (χ1) is 6.07. The van der Waals surface area contributed by atoms with Crippen molar-refractivity contribution < 1.29 is 18.0 Å². The summed E-state index contributed by atoms with van der Waals surface area (Å²) in [6, 6.07) is 0. The van der Waals surface area contributed by atoms with Gasteiger partial charge in [-0.05, 0) is 17.7 Å². The Kier molecular flexibility index (Phi) is 6.17. The van der Waals surface area contributed by atoms with Crippen molar-refractivity contribution in [3.63, 3.8) is 0 Å². The lowest BCUT2D eigenvalue weighted by molar-refractivity contribution is -0.142. The highest BCUT2D eigenvalue weighted by atomic mass is 32.2. The Balaban J connectivity index is 3.76. The molecule has 6 heteroatoms. The lowest BCUT2D eigenvalue weighted by Crippen LogP contribution is -2.19. The molecular formula is C7H13NO4S. The van der Waals surface area contributed by atoms with Crippen molar-refractivity contribution in [2.24, 2.45) is 0 Å². The first kappa shape index (κ1) is 12.1. The molecule has 0 unspecified atom stereocenters. The Hall–Kier alpha value is -0.880. The highest BCUT2D eigenvalue weighted by Crippen LogP contribution is 2.05. The molecule has 0 rings (SSSR count). The minimum Gasteiger partial charge on any atom is -0.352 e. The van der Waals surface area contributed by atoms with Gasteiger partial charge in [0.1, 0.15) is 0 Å². The predicted octanol–water partition coefficient (Wildman–Crippen LogP) is 0.307. The van der Waals surface area contributed by atoms with E-state index < -0.39 is 16.9 Å². The molecule has 0 aromatic heterocycles. The second kappa shape index (κ2) is 6.62. The van der Waals surface area contributed by atoms with Gasteiger partial charge in [-0.15, -0.1) is 0 Å². The number of nitrogens with one attached hydrogen (secondary N) is 1. The van der Waals surface area contributed by atoms with Crippen LogP contribution in [0.2, 0.25) is 0 Å². The molecule has 0 saturated heterocycles. The molecule has 1 N–H and O–H groups in total. The number of thiol groups is 1. The van der Waals surface area contributed by atoms with Crippen LogP contribution in [0, 0.1) is 0 Å². The molecule has 5 nitrogen and oxygen atoms in total. The van der Waals surface area contributed by atoms with Gasteiger partial charge in [-0.1, -0.05) is 19.9 Å². The Morgan fingerprint density at radius 2 is 2.15 bits per heavy atom. The van der Waals surface area contributed by atoms with E-state index in [2.05, 4.69) is 11.4 Å². The average molecular weight is 207 g/mol. The zero-order chi connectivity index (χ0) is 10.3. The SMILES string of the molecule is C=C(CCCC)C(=O)ON[SH](=O)=O. The molecule has 0 spiro atoms. The molecule has 0 aliphatic heterocycles. The molecule has 0 saturated carbocycles. The predicted molar refractivity (Wildman–Crippen MR) is 48.2 cm³/mol. The zero-order valence-electron chi connectivity index (χ0n) is 7.41. The van der Waals surface area contributed by atoms with Gasteiger partial charge in [-0.25, -0.2) is 13.2 Å². The van der Waals surface area contributed by atoms with Crippen molar-refractivity contribution in [1.29, 1.82) is 0 Å². The molecule has 0 aromatic carbocycles. The molecule has 0 aliphatic carbocycles. The largest absolute Gasteiger partial charge is 0.353 e. The van der Waals surface area contributed by atoms with Crippen LogP contribution in [0.15, 0.2) is 12.2 Å². The minimum absolute atomic E-state index is 0.270. The fourth-order valence-electron chi connectivity index (χ4n) is 0.643. The van der Waals surface area contributed by atoms with E-state index in [1.807, 2.05) is 6.92 Å². The Morgan fingerprint density at radius 1 is 1.54 bits per heavy atom. The van der Waals surface area contributed by atoms with Gasteiger partial charge < -0.3 is 4.84 Å². The van der Waals surface area contributed by atoms with Gasteiger partial charge in [-0.3, -0.25) is 0 Å². The summed E-state index contributed by atoms with van der Waals surface area (Å²) in [4.78, 5) is 16.6. The number of unbranched alkanes of at least 4 members (excludes halogenated alkanes) is 1. The van der Waals surface area contributed by atoms with Crippen molar-refractivity contribution in [2.75, 3.05) is 0 Å². The number of carbonyl (C=O) groups excluding carboxylic acids is 1. The third-order valence-electron chi connectivity index (χ3n) is 1.33. The Morgan fingerprint density at radius 3 is 2.62 bits per heavy atom. The van der Waals surface area contributed by atoms with Crippen molar-refractivity contribution >= 4 is 16.9 Å². The summed E-state index contributed by atoms with van der Waals surface area (Å²) in [5.41, 5.74) is 0.270. The fraction of sp³-hybridized carbons (Fsp3) is 0.571. The topological polar surface area (TPSA) is 72.5 Å². The van der Waals surface area contributed by atoms with Crippen LogP contribution >= 0.6 is 0 Å². The lowest BCUT2D eigenvalue weighted by Gasteiger charge is -2.02. The quantitative estimate of drug-likeness (QED) is 0.373. The van der Waals surface area contributed by atoms with Crippen molar-refractivity contribution in [1.82, 2.24) is 4.89 Å². The molecule has 0 heterocycles. The van der Waals surface area contributed by atoms with Gasteiger partial charge in [0, 0.05) is 5.57 Å². The maximum atomic E-state index is 10.9. The zero-order valence-corrected chi connectivity index (χ0v) is 8.30. The van der Waals surface area contributed by atoms with Crippen LogP contribution in [0.5, 0.6) is 0 Å². The highest BCUT2D eigenvalue weighted by molar-refractivity contribution is 7.70. The smallest absolute Gasteiger partial charge is 0.352 e. The van der Waals surface area contributed by atoms with Gasteiger partial charge in [0.25, 0.3) is 0 Å². The van der Waals surface area contributed by atoms with Crippen LogP contribution in [0.4, 0.5) is 0 Å². The summed E-state index contributed by atoms with van der Waals surface area (Å²) in [5.74, 6) is -0.729. The maximum absolute atomic E-state index is 10.9. The van der Waals surface area contributed by atoms with E-state index in [0.717, 1.165) is 12.8 Å². The lowest BCUT2D eigenvalue weighted by atomic mass is 10.1. The summed E-state index contributed by atoms with van der Waals surface area (Å²) in [6.07, 6.45) is 2.29. The Labute approximate surface area is 78.8 Å². The van der Waals surface area contributed by atoms with Gasteiger partial charge in [0.15, 0.2) is 0 Å². The second-order valence-corrected chi connectivity index (χ2v) is 3.14. The van der Waals surface area contributed by atoms with Crippen molar-refractivity contribution in [2.45, 2.75) is 26.2 Å². The van der Waals surface area contributed by atoms with E-state index in [9.17, 15) is 13.2 Å². The fourth-order valence-corrected chi connectivity index (χ4v) is 0.801. The van der Waals surface area contributed by atoms with Crippen LogP contribution in [0.1, 0.15) is 26.2 Å². The molecule has 0 amide bonds. The molecule has 0 atom stereocenters. The van der Waals surface area contributed by atoms with Gasteiger partial charge in [-0.2, -0.15) is 0 Å². The first-order valence-electron chi connectivity index (χ1n) is 3.87. The summed E-state index contributed by atoms with van der Waals surface area (Å²) < 4.78 is 19.9. The normalized spacial score (nSPS) is 10.0. The van der Waals surface area contributed by atoms with Crippen LogP contribution < -0.4 is 4.89 Å². The standard InChI is InChI=1S/C7H13NO4S/c1-3-4-5-6(2)7(9)12-8-13(10)11/h13H,2-5H2,1H3,(H,8,10,11). The number of hydrogen-bond donors (Lipinski definition) is 2. The van der Waals surface area contributed by atoms with E-state index in [1.54, 1.807) is 4.89 Å². The van der Waals surface area contributed by atoms with Crippen LogP contribution in [-0.2, 0) is 20.5 Å². The van der Waals surface area contributed by atoms with Crippen LogP contribution in [0.25, 0.3) is 0 Å². The van der Waals surface area contributed by atoms with Crippen LogP contribution in [0.3, 0.4) is 0 Å². The summed E-state index contributed by atoms with van der Waals surface area (Å²) in [7, 11) is -2.90. The highest BCUT2D eigenvalue weighted by Gasteiger charge is 2.07. The molecule has 0 radical (unpaired) electrons. The van der Waals surface area contributed by atoms with E-state index in [-0.39, 0.29) is 5.57 Å². The van der Waals surface area contributed by atoms with Gasteiger partial charge in [0.05, 0.1) is 0 Å². The van der Waals surface area contributed by atoms with E-state index in [4.69, 9.17) is 0 Å². The Bertz CT molecular complexity index is 251. The number of carbonyl (C=O) groups is 1. The van der Waals surface area contributed by atoms with E-state index in [1.165, 1.54) is 0 Å². The third-order valence-corrected chi connectivity index (χ3v) is 1.57. The molecule has 0 aromatic rings. The molecule has 0 bridgehead atoms. The van der Waals surface area contributed by atoms with E-state index >= 15 is 0 Å². The van der Waals surface area contributed by atoms with Crippen LogP contribution in [-0.4, -0.2) is 14.4 Å². The van der Waals surface area contributed by atoms with Gasteiger partial charge in [0.2, 0.25) is 10.9 Å². The second-order valence-electron chi connectivity index (χ2n) is 2.45. The summed E-state index contributed by atoms with van der Waals surface area (Å²) in [6.45, 7) is 5.44. The minimum atomic E-state index is -2.90.